The van der Waals surface area contributed by atoms with Crippen LogP contribution in [0, 0.1) is 17.0 Å². The van der Waals surface area contributed by atoms with E-state index in [0.717, 1.165) is 6.20 Å². The van der Waals surface area contributed by atoms with Gasteiger partial charge in [0.1, 0.15) is 18.8 Å². The Balaban J connectivity index is 0.00000400. The number of carbonyl (C=O) groups is 2. The minimum Gasteiger partial charge on any atom is -0.550 e. The number of carboxylic acid groups (broad SMARTS) is 1. The molecule has 1 unspecified atom stereocenters. The molecule has 0 aliphatic carbocycles. The number of hydrogen-bond acceptors (Lipinski definition) is 7. The van der Waals surface area contributed by atoms with Crippen LogP contribution in [0.4, 0.5) is 5.82 Å². The molecule has 0 radical (unpaired) electrons. The molecule has 0 fully saturated rings. The first kappa shape index (κ1) is 19.6. The number of hydrogen-bond donors (Lipinski definition) is 0. The number of carboxylic acids is 1. The summed E-state index contributed by atoms with van der Waals surface area (Å²) in [6.07, 6.45) is -0.233. The van der Waals surface area contributed by atoms with Crippen molar-refractivity contribution in [2.45, 2.75) is 39.3 Å². The van der Waals surface area contributed by atoms with E-state index in [0.29, 0.717) is 5.82 Å². The molecule has 0 saturated carbocycles. The third-order valence-corrected chi connectivity index (χ3v) is 2.53. The van der Waals surface area contributed by atoms with Crippen molar-refractivity contribution in [2.24, 2.45) is 0 Å². The van der Waals surface area contributed by atoms with Crippen LogP contribution < -0.4 is 34.7 Å². The van der Waals surface area contributed by atoms with Crippen LogP contribution in [-0.2, 0) is 20.9 Å². The number of aromatic nitrogens is 2. The first-order valence-electron chi connectivity index (χ1n) is 5.87. The van der Waals surface area contributed by atoms with Crippen molar-refractivity contribution in [2.75, 3.05) is 0 Å². The number of esters is 1. The number of rotatable bonds is 7. The van der Waals surface area contributed by atoms with Gasteiger partial charge in [-0.05, 0) is 18.3 Å². The predicted molar refractivity (Wildman–Crippen MR) is 63.4 cm³/mol. The van der Waals surface area contributed by atoms with E-state index in [4.69, 9.17) is 4.74 Å². The Kier molecular flexibility index (Phi) is 8.15. The maximum Gasteiger partial charge on any atom is 1.00 e. The number of nitro groups is 1. The van der Waals surface area contributed by atoms with Crippen LogP contribution in [0.25, 0.3) is 0 Å². The van der Waals surface area contributed by atoms with Gasteiger partial charge in [-0.2, -0.15) is 0 Å². The maximum atomic E-state index is 11.3. The Morgan fingerprint density at radius 1 is 1.48 bits per heavy atom. The van der Waals surface area contributed by atoms with Crippen LogP contribution >= 0.6 is 0 Å². The molecular formula is C11H14N3NaO6. The SMILES string of the molecule is Cc1ncc([N+](=O)[O-])n1CC(C)OC(=O)CCC(=O)[O-].[Na+]. The molecule has 0 aromatic carbocycles. The Morgan fingerprint density at radius 3 is 2.62 bits per heavy atom. The summed E-state index contributed by atoms with van der Waals surface area (Å²) in [4.78, 5) is 35.5. The standard InChI is InChI=1S/C11H15N3O6.Na/c1-7(20-11(17)4-3-10(15)16)6-13-8(2)12-5-9(13)14(18)19;/h5,7H,3-4,6H2,1-2H3,(H,15,16);/q;+1/p-1. The molecule has 0 spiro atoms. The average Bonchev–Trinajstić information content (AvgIpc) is 2.68. The minimum absolute atomic E-state index is 0. The van der Waals surface area contributed by atoms with Crippen molar-refractivity contribution in [3.63, 3.8) is 0 Å². The Bertz CT molecular complexity index is 530. The van der Waals surface area contributed by atoms with Gasteiger partial charge < -0.3 is 24.8 Å². The zero-order valence-corrected chi connectivity index (χ0v) is 14.1. The summed E-state index contributed by atoms with van der Waals surface area (Å²) in [5, 5.41) is 21.0. The van der Waals surface area contributed by atoms with Crippen molar-refractivity contribution in [3.05, 3.63) is 22.1 Å². The van der Waals surface area contributed by atoms with Crippen molar-refractivity contribution < 1.29 is 53.9 Å². The van der Waals surface area contributed by atoms with E-state index in [1.807, 2.05) is 0 Å². The molecular weight excluding hydrogens is 293 g/mol. The summed E-state index contributed by atoms with van der Waals surface area (Å²) in [6.45, 7) is 3.22. The first-order valence-corrected chi connectivity index (χ1v) is 5.87. The molecule has 110 valence electrons. The molecule has 1 aromatic rings. The maximum absolute atomic E-state index is 11.3. The molecule has 1 atom stereocenters. The number of aliphatic carboxylic acids is 1. The van der Waals surface area contributed by atoms with E-state index in [-0.39, 0.29) is 48.3 Å². The zero-order chi connectivity index (χ0) is 15.3. The number of nitrogens with zero attached hydrogens (tertiary/aromatic N) is 3. The van der Waals surface area contributed by atoms with Crippen molar-refractivity contribution in [1.29, 1.82) is 0 Å². The van der Waals surface area contributed by atoms with Gasteiger partial charge in [-0.1, -0.05) is 0 Å². The van der Waals surface area contributed by atoms with Crippen LogP contribution in [0.2, 0.25) is 0 Å². The first-order chi connectivity index (χ1) is 9.31. The molecule has 0 aliphatic heterocycles. The monoisotopic (exact) mass is 307 g/mol. The molecule has 0 aliphatic rings. The summed E-state index contributed by atoms with van der Waals surface area (Å²) in [5.41, 5.74) is 0. The fraction of sp³-hybridized carbons (Fsp3) is 0.545. The molecule has 0 amide bonds. The molecule has 1 heterocycles. The summed E-state index contributed by atoms with van der Waals surface area (Å²) in [5.74, 6) is -1.80. The van der Waals surface area contributed by atoms with E-state index in [9.17, 15) is 24.8 Å². The molecule has 1 rings (SSSR count). The molecule has 10 heteroatoms. The van der Waals surface area contributed by atoms with Crippen LogP contribution in [-0.4, -0.2) is 32.5 Å². The molecule has 21 heavy (non-hydrogen) atoms. The minimum atomic E-state index is -1.34. The second kappa shape index (κ2) is 8.75. The van der Waals surface area contributed by atoms with Gasteiger partial charge in [-0.3, -0.25) is 4.79 Å². The van der Waals surface area contributed by atoms with Gasteiger partial charge in [-0.25, -0.2) is 9.55 Å². The third-order valence-electron chi connectivity index (χ3n) is 2.53. The largest absolute Gasteiger partial charge is 1.00 e. The Morgan fingerprint density at radius 2 is 2.10 bits per heavy atom. The van der Waals surface area contributed by atoms with E-state index in [1.54, 1.807) is 13.8 Å². The zero-order valence-electron chi connectivity index (χ0n) is 12.1. The Labute approximate surface area is 142 Å². The van der Waals surface area contributed by atoms with Crippen LogP contribution in [0.5, 0.6) is 0 Å². The molecule has 0 bridgehead atoms. The number of ether oxygens (including phenoxy) is 1. The fourth-order valence-corrected chi connectivity index (χ4v) is 1.61. The van der Waals surface area contributed by atoms with E-state index >= 15 is 0 Å². The molecule has 9 nitrogen and oxygen atoms in total. The van der Waals surface area contributed by atoms with Gasteiger partial charge >= 0.3 is 41.3 Å². The molecule has 0 N–H and O–H groups in total. The number of aryl methyl sites for hydroxylation is 1. The smallest absolute Gasteiger partial charge is 0.550 e. The van der Waals surface area contributed by atoms with Gasteiger partial charge in [0.15, 0.2) is 5.82 Å². The van der Waals surface area contributed by atoms with Crippen LogP contribution in [0.3, 0.4) is 0 Å². The predicted octanol–water partition coefficient (Wildman–Crippen LogP) is -3.43. The quantitative estimate of drug-likeness (QED) is 0.222. The number of carbonyl (C=O) groups excluding carboxylic acids is 2. The fourth-order valence-electron chi connectivity index (χ4n) is 1.61. The van der Waals surface area contributed by atoms with Crippen molar-refractivity contribution in [3.8, 4) is 0 Å². The van der Waals surface area contributed by atoms with E-state index in [2.05, 4.69) is 4.98 Å². The summed E-state index contributed by atoms with van der Waals surface area (Å²) in [7, 11) is 0. The van der Waals surface area contributed by atoms with Gasteiger partial charge in [0, 0.05) is 12.9 Å². The van der Waals surface area contributed by atoms with Crippen LogP contribution in [0.1, 0.15) is 25.6 Å². The summed E-state index contributed by atoms with van der Waals surface area (Å²) in [6, 6.07) is 0. The van der Waals surface area contributed by atoms with Gasteiger partial charge in [0.2, 0.25) is 0 Å². The molecule has 1 aromatic heterocycles. The van der Waals surface area contributed by atoms with Crippen LogP contribution in [0.15, 0.2) is 6.20 Å². The average molecular weight is 307 g/mol. The number of imidazole rings is 1. The van der Waals surface area contributed by atoms with Gasteiger partial charge in [0.25, 0.3) is 0 Å². The summed E-state index contributed by atoms with van der Waals surface area (Å²) < 4.78 is 6.28. The van der Waals surface area contributed by atoms with E-state index < -0.39 is 29.4 Å². The third kappa shape index (κ3) is 6.23. The van der Waals surface area contributed by atoms with Crippen molar-refractivity contribution >= 4 is 17.8 Å². The Hall–Kier alpha value is -1.45. The van der Waals surface area contributed by atoms with Crippen molar-refractivity contribution in [1.82, 2.24) is 9.55 Å². The van der Waals surface area contributed by atoms with Gasteiger partial charge in [-0.15, -0.1) is 0 Å². The second-order valence-electron chi connectivity index (χ2n) is 4.20. The normalized spacial score (nSPS) is 11.3. The molecule has 0 saturated heterocycles. The summed E-state index contributed by atoms with van der Waals surface area (Å²) >= 11 is 0. The van der Waals surface area contributed by atoms with E-state index in [1.165, 1.54) is 4.57 Å². The topological polar surface area (TPSA) is 127 Å². The van der Waals surface area contributed by atoms with Gasteiger partial charge in [0.05, 0.1) is 6.42 Å². The second-order valence-corrected chi connectivity index (χ2v) is 4.20.